The normalized spacial score (nSPS) is 18.3. The first-order valence-electron chi connectivity index (χ1n) is 12.1. The Balaban J connectivity index is 1.55. The summed E-state index contributed by atoms with van der Waals surface area (Å²) in [6.07, 6.45) is -2.65. The van der Waals surface area contributed by atoms with Crippen molar-refractivity contribution in [2.45, 2.75) is 57.3 Å². The fraction of sp³-hybridized carbons (Fsp3) is 0.520. The number of nitrogens with one attached hydrogen (secondary N) is 1. The van der Waals surface area contributed by atoms with E-state index in [-0.39, 0.29) is 25.0 Å². The lowest BCUT2D eigenvalue weighted by atomic mass is 10.0. The molecule has 2 heterocycles. The Morgan fingerprint density at radius 1 is 1.16 bits per heavy atom. The number of halogens is 4. The van der Waals surface area contributed by atoms with Crippen LogP contribution in [0.25, 0.3) is 0 Å². The van der Waals surface area contributed by atoms with Gasteiger partial charge in [-0.25, -0.2) is 19.6 Å². The van der Waals surface area contributed by atoms with Crippen LogP contribution in [-0.2, 0) is 20.4 Å². The smallest absolute Gasteiger partial charge is 0.420 e. The highest BCUT2D eigenvalue weighted by atomic mass is 35.5. The molecule has 38 heavy (non-hydrogen) atoms. The lowest BCUT2D eigenvalue weighted by molar-refractivity contribution is -0.147. The number of nitrogens with zero attached hydrogens (tertiary/aromatic N) is 4. The predicted molar refractivity (Wildman–Crippen MR) is 135 cm³/mol. The topological polar surface area (TPSA) is 96.9 Å². The molecule has 2 fully saturated rings. The number of ether oxygens (including phenoxy) is 2. The number of anilines is 3. The summed E-state index contributed by atoms with van der Waals surface area (Å²) in [7, 11) is 1.27. The Morgan fingerprint density at radius 2 is 1.87 bits per heavy atom. The van der Waals surface area contributed by atoms with E-state index in [0.29, 0.717) is 18.4 Å². The number of carbonyl (C=O) groups is 2. The SMILES string of the molecule is COC(=O)C1CN(c2ccc(Nc3ncc(C(F)(F)F)c(Cl)n3)c(C3CC3)c2)CCN1C(=O)OC(C)(C)C. The molecule has 0 bridgehead atoms. The number of carbonyl (C=O) groups excluding carboxylic acids is 2. The summed E-state index contributed by atoms with van der Waals surface area (Å²) >= 11 is 5.75. The minimum atomic E-state index is -4.65. The van der Waals surface area contributed by atoms with Crippen LogP contribution >= 0.6 is 11.6 Å². The van der Waals surface area contributed by atoms with Gasteiger partial charge < -0.3 is 19.7 Å². The summed E-state index contributed by atoms with van der Waals surface area (Å²) < 4.78 is 49.4. The van der Waals surface area contributed by atoms with E-state index >= 15 is 0 Å². The largest absolute Gasteiger partial charge is 0.467 e. The van der Waals surface area contributed by atoms with Crippen molar-refractivity contribution >= 4 is 41.0 Å². The molecular formula is C25H29ClF3N5O4. The standard InChI is InChI=1S/C25H29ClF3N5O4/c1-24(2,3)38-23(36)34-10-9-33(13-19(34)21(35)37-4)15-7-8-18(16(11-15)14-5-6-14)31-22-30-12-17(20(26)32-22)25(27,28)29/h7-8,11-12,14,19H,5-6,9-10,13H2,1-4H3,(H,30,31,32). The van der Waals surface area contributed by atoms with Crippen LogP contribution in [0.1, 0.15) is 50.7 Å². The van der Waals surface area contributed by atoms with Crippen molar-refractivity contribution < 1.29 is 32.2 Å². The van der Waals surface area contributed by atoms with Crippen molar-refractivity contribution in [1.29, 1.82) is 0 Å². The molecule has 1 aliphatic heterocycles. The molecule has 4 rings (SSSR count). The minimum Gasteiger partial charge on any atom is -0.467 e. The highest BCUT2D eigenvalue weighted by molar-refractivity contribution is 6.30. The summed E-state index contributed by atoms with van der Waals surface area (Å²) in [6, 6.07) is 4.75. The highest BCUT2D eigenvalue weighted by Crippen LogP contribution is 2.45. The minimum absolute atomic E-state index is 0.0469. The van der Waals surface area contributed by atoms with Crippen LogP contribution in [-0.4, -0.2) is 65.3 Å². The number of rotatable bonds is 5. The second-order valence-corrected chi connectivity index (χ2v) is 10.6. The quantitative estimate of drug-likeness (QED) is 0.389. The van der Waals surface area contributed by atoms with E-state index in [1.807, 2.05) is 17.0 Å². The molecule has 1 saturated carbocycles. The molecule has 1 aromatic carbocycles. The lowest BCUT2D eigenvalue weighted by Gasteiger charge is -2.41. The first-order valence-corrected chi connectivity index (χ1v) is 12.5. The first-order chi connectivity index (χ1) is 17.8. The van der Waals surface area contributed by atoms with Gasteiger partial charge in [0.1, 0.15) is 16.3 Å². The van der Waals surface area contributed by atoms with Gasteiger partial charge in [-0.05, 0) is 63.3 Å². The van der Waals surface area contributed by atoms with Crippen molar-refractivity contribution in [3.63, 3.8) is 0 Å². The molecule has 1 saturated heterocycles. The second-order valence-electron chi connectivity index (χ2n) is 10.2. The molecule has 1 amide bonds. The second kappa shape index (κ2) is 10.5. The third-order valence-corrected chi connectivity index (χ3v) is 6.48. The van der Waals surface area contributed by atoms with E-state index in [0.717, 1.165) is 24.1 Å². The van der Waals surface area contributed by atoms with Crippen LogP contribution in [0.2, 0.25) is 5.15 Å². The maximum atomic E-state index is 13.0. The van der Waals surface area contributed by atoms with E-state index in [4.69, 9.17) is 21.1 Å². The number of hydrogen-bond acceptors (Lipinski definition) is 8. The number of piperazine rings is 1. The number of esters is 1. The summed E-state index contributed by atoms with van der Waals surface area (Å²) in [5.74, 6) is -0.325. The molecule has 1 atom stereocenters. The van der Waals surface area contributed by atoms with Gasteiger partial charge >= 0.3 is 18.2 Å². The van der Waals surface area contributed by atoms with Gasteiger partial charge in [-0.15, -0.1) is 0 Å². The van der Waals surface area contributed by atoms with Gasteiger partial charge in [0.15, 0.2) is 6.04 Å². The van der Waals surface area contributed by atoms with Gasteiger partial charge in [0.2, 0.25) is 5.95 Å². The molecule has 206 valence electrons. The molecule has 13 heteroatoms. The molecule has 1 aliphatic carbocycles. The van der Waals surface area contributed by atoms with Gasteiger partial charge in [-0.1, -0.05) is 11.6 Å². The summed E-state index contributed by atoms with van der Waals surface area (Å²) in [5, 5.41) is 2.30. The van der Waals surface area contributed by atoms with Crippen LogP contribution in [0.5, 0.6) is 0 Å². The van der Waals surface area contributed by atoms with E-state index < -0.39 is 40.6 Å². The number of hydrogen-bond donors (Lipinski definition) is 1. The zero-order valence-electron chi connectivity index (χ0n) is 21.4. The highest BCUT2D eigenvalue weighted by Gasteiger charge is 2.39. The van der Waals surface area contributed by atoms with E-state index in [2.05, 4.69) is 15.3 Å². The van der Waals surface area contributed by atoms with E-state index in [1.165, 1.54) is 12.0 Å². The van der Waals surface area contributed by atoms with Gasteiger partial charge in [0.25, 0.3) is 0 Å². The summed E-state index contributed by atoms with van der Waals surface area (Å²) in [5.41, 5.74) is 0.628. The third kappa shape index (κ3) is 6.40. The van der Waals surface area contributed by atoms with Crippen LogP contribution in [0, 0.1) is 0 Å². The van der Waals surface area contributed by atoms with Gasteiger partial charge in [0, 0.05) is 37.2 Å². The molecule has 1 N–H and O–H groups in total. The Hall–Kier alpha value is -3.28. The van der Waals surface area contributed by atoms with Crippen LogP contribution in [0.15, 0.2) is 24.4 Å². The maximum Gasteiger partial charge on any atom is 0.420 e. The maximum absolute atomic E-state index is 13.0. The van der Waals surface area contributed by atoms with Crippen LogP contribution < -0.4 is 10.2 Å². The van der Waals surface area contributed by atoms with E-state index in [9.17, 15) is 22.8 Å². The molecule has 1 unspecified atom stereocenters. The molecule has 2 aromatic rings. The lowest BCUT2D eigenvalue weighted by Crippen LogP contribution is -2.59. The molecule has 9 nitrogen and oxygen atoms in total. The fourth-order valence-corrected chi connectivity index (χ4v) is 4.45. The van der Waals surface area contributed by atoms with Crippen molar-refractivity contribution in [2.24, 2.45) is 0 Å². The zero-order chi connectivity index (χ0) is 27.8. The monoisotopic (exact) mass is 555 g/mol. The van der Waals surface area contributed by atoms with E-state index in [1.54, 1.807) is 26.8 Å². The third-order valence-electron chi connectivity index (χ3n) is 6.19. The predicted octanol–water partition coefficient (Wildman–Crippen LogP) is 5.37. The van der Waals surface area contributed by atoms with Gasteiger partial charge in [-0.2, -0.15) is 13.2 Å². The average molecular weight is 556 g/mol. The average Bonchev–Trinajstić information content (AvgIpc) is 3.67. The van der Waals surface area contributed by atoms with Crippen molar-refractivity contribution in [1.82, 2.24) is 14.9 Å². The Bertz CT molecular complexity index is 1220. The number of amides is 1. The number of benzene rings is 1. The van der Waals surface area contributed by atoms with Crippen molar-refractivity contribution in [3.8, 4) is 0 Å². The molecular weight excluding hydrogens is 527 g/mol. The Kier molecular flexibility index (Phi) is 7.64. The zero-order valence-corrected chi connectivity index (χ0v) is 22.2. The van der Waals surface area contributed by atoms with Gasteiger partial charge in [-0.3, -0.25) is 4.90 Å². The Morgan fingerprint density at radius 3 is 2.45 bits per heavy atom. The molecule has 2 aliphatic rings. The van der Waals surface area contributed by atoms with Crippen LogP contribution in [0.4, 0.5) is 35.3 Å². The number of methoxy groups -OCH3 is 1. The molecule has 1 aromatic heterocycles. The fourth-order valence-electron chi connectivity index (χ4n) is 4.22. The first kappa shape index (κ1) is 27.7. The van der Waals surface area contributed by atoms with Crippen molar-refractivity contribution in [3.05, 3.63) is 40.7 Å². The molecule has 0 radical (unpaired) electrons. The summed E-state index contributed by atoms with van der Waals surface area (Å²) in [6.45, 7) is 6.19. The Labute approximate surface area is 223 Å². The molecule has 0 spiro atoms. The number of alkyl halides is 3. The summed E-state index contributed by atoms with van der Waals surface area (Å²) in [4.78, 5) is 36.2. The number of aromatic nitrogens is 2. The van der Waals surface area contributed by atoms with Gasteiger partial charge in [0.05, 0.1) is 7.11 Å². The van der Waals surface area contributed by atoms with Crippen LogP contribution in [0.3, 0.4) is 0 Å². The van der Waals surface area contributed by atoms with Crippen molar-refractivity contribution in [2.75, 3.05) is 37.0 Å².